The van der Waals surface area contributed by atoms with Gasteiger partial charge in [0.15, 0.2) is 5.65 Å². The molecule has 8 nitrogen and oxygen atoms in total. The third kappa shape index (κ3) is 3.86. The monoisotopic (exact) mass is 426 g/mol. The van der Waals surface area contributed by atoms with Crippen molar-refractivity contribution in [2.24, 2.45) is 0 Å². The summed E-state index contributed by atoms with van der Waals surface area (Å²) in [5, 5.41) is 8.24. The van der Waals surface area contributed by atoms with E-state index in [9.17, 15) is 14.0 Å². The molecule has 0 aliphatic rings. The number of benzene rings is 1. The molecule has 4 rings (SSSR count). The summed E-state index contributed by atoms with van der Waals surface area (Å²) in [4.78, 5) is 34.2. The number of rotatable bonds is 6. The minimum Gasteiger partial charge on any atom is -0.349 e. The number of hydrogen-bond acceptors (Lipinski definition) is 6. The highest BCUT2D eigenvalue weighted by Crippen LogP contribution is 2.16. The quantitative estimate of drug-likeness (QED) is 0.510. The van der Waals surface area contributed by atoms with Gasteiger partial charge in [-0.15, -0.1) is 11.3 Å². The fourth-order valence-corrected chi connectivity index (χ4v) is 4.02. The number of aryl methyl sites for hydroxylation is 2. The lowest BCUT2D eigenvalue weighted by molar-refractivity contribution is 0.0955. The summed E-state index contributed by atoms with van der Waals surface area (Å²) in [5.41, 5.74) is 1.24. The molecule has 0 saturated carbocycles. The van der Waals surface area contributed by atoms with E-state index in [0.717, 1.165) is 5.01 Å². The summed E-state index contributed by atoms with van der Waals surface area (Å²) in [6, 6.07) is 6.30. The number of amides is 1. The van der Waals surface area contributed by atoms with E-state index in [1.54, 1.807) is 29.8 Å². The molecule has 1 aromatic carbocycles. The molecule has 30 heavy (non-hydrogen) atoms. The number of carbonyl (C=O) groups excluding carboxylic acids is 1. The van der Waals surface area contributed by atoms with Crippen LogP contribution in [0.15, 0.2) is 41.6 Å². The van der Waals surface area contributed by atoms with Gasteiger partial charge in [-0.3, -0.25) is 14.2 Å². The van der Waals surface area contributed by atoms with Crippen LogP contribution in [0.2, 0.25) is 0 Å². The molecule has 0 atom stereocenters. The second-order valence-electron chi connectivity index (χ2n) is 6.78. The molecular formula is C20H19FN6O2S. The van der Waals surface area contributed by atoms with Crippen molar-refractivity contribution < 1.29 is 9.18 Å². The Morgan fingerprint density at radius 3 is 2.80 bits per heavy atom. The predicted octanol–water partition coefficient (Wildman–Crippen LogP) is 2.28. The third-order valence-electron chi connectivity index (χ3n) is 4.64. The number of nitrogens with zero attached hydrogens (tertiary/aromatic N) is 5. The van der Waals surface area contributed by atoms with Gasteiger partial charge in [-0.1, -0.05) is 18.2 Å². The Morgan fingerprint density at radius 1 is 1.27 bits per heavy atom. The Labute approximate surface area is 175 Å². The first-order valence-corrected chi connectivity index (χ1v) is 10.1. The Morgan fingerprint density at radius 2 is 2.07 bits per heavy atom. The Hall–Kier alpha value is -3.40. The van der Waals surface area contributed by atoms with E-state index in [1.807, 2.05) is 6.92 Å². The molecule has 0 radical (unpaired) electrons. The third-order valence-corrected chi connectivity index (χ3v) is 5.71. The minimum atomic E-state index is -0.373. The van der Waals surface area contributed by atoms with Crippen molar-refractivity contribution in [3.63, 3.8) is 0 Å². The smallest absolute Gasteiger partial charge is 0.264 e. The van der Waals surface area contributed by atoms with Crippen LogP contribution >= 0.6 is 11.3 Å². The maximum absolute atomic E-state index is 13.9. The zero-order chi connectivity index (χ0) is 21.3. The highest BCUT2D eigenvalue weighted by molar-refractivity contribution is 7.13. The molecule has 0 spiro atoms. The zero-order valence-electron chi connectivity index (χ0n) is 16.4. The Bertz CT molecular complexity index is 1290. The van der Waals surface area contributed by atoms with E-state index in [-0.39, 0.29) is 23.8 Å². The van der Waals surface area contributed by atoms with E-state index < -0.39 is 0 Å². The van der Waals surface area contributed by atoms with E-state index in [4.69, 9.17) is 0 Å². The summed E-state index contributed by atoms with van der Waals surface area (Å²) in [6.07, 6.45) is 2.83. The Balaban J connectivity index is 1.48. The topological polar surface area (TPSA) is 94.7 Å². The van der Waals surface area contributed by atoms with Crippen molar-refractivity contribution in [1.29, 1.82) is 0 Å². The molecule has 10 heteroatoms. The summed E-state index contributed by atoms with van der Waals surface area (Å²) in [7, 11) is 0. The van der Waals surface area contributed by atoms with Crippen LogP contribution in [0.5, 0.6) is 0 Å². The first-order valence-electron chi connectivity index (χ1n) is 9.30. The van der Waals surface area contributed by atoms with Crippen LogP contribution in [0, 0.1) is 19.7 Å². The van der Waals surface area contributed by atoms with Crippen LogP contribution in [0.3, 0.4) is 0 Å². The van der Waals surface area contributed by atoms with Crippen LogP contribution in [0.4, 0.5) is 4.39 Å². The Kier molecular flexibility index (Phi) is 5.40. The minimum absolute atomic E-state index is 0.0866. The van der Waals surface area contributed by atoms with E-state index in [1.165, 1.54) is 34.5 Å². The van der Waals surface area contributed by atoms with Crippen LogP contribution in [0.25, 0.3) is 11.0 Å². The van der Waals surface area contributed by atoms with Crippen molar-refractivity contribution in [2.75, 3.05) is 6.54 Å². The largest absolute Gasteiger partial charge is 0.349 e. The zero-order valence-corrected chi connectivity index (χ0v) is 17.2. The molecule has 3 heterocycles. The van der Waals surface area contributed by atoms with Gasteiger partial charge >= 0.3 is 0 Å². The molecule has 0 bridgehead atoms. The standard InChI is InChI=1S/C20H19FN6O2S/c1-12-17(30-13(2)25-12)19(28)22-7-8-27-18-15(9-24-27)20(29)26(11-23-18)10-14-5-3-4-6-16(14)21/h3-6,9,11H,7-8,10H2,1-2H3,(H,22,28). The maximum Gasteiger partial charge on any atom is 0.264 e. The molecule has 1 amide bonds. The first-order chi connectivity index (χ1) is 14.4. The van der Waals surface area contributed by atoms with Crippen molar-refractivity contribution in [3.8, 4) is 0 Å². The molecule has 0 aliphatic carbocycles. The molecule has 1 N–H and O–H groups in total. The second-order valence-corrected chi connectivity index (χ2v) is 7.98. The van der Waals surface area contributed by atoms with Crippen LogP contribution < -0.4 is 10.9 Å². The van der Waals surface area contributed by atoms with Crippen molar-refractivity contribution in [1.82, 2.24) is 29.6 Å². The molecule has 0 fully saturated rings. The number of halogens is 1. The molecule has 4 aromatic rings. The normalized spacial score (nSPS) is 11.2. The van der Waals surface area contributed by atoms with Gasteiger partial charge in [0.05, 0.1) is 30.0 Å². The van der Waals surface area contributed by atoms with Crippen molar-refractivity contribution in [3.05, 3.63) is 74.1 Å². The number of thiazole rings is 1. The summed E-state index contributed by atoms with van der Waals surface area (Å²) in [5.74, 6) is -0.558. The van der Waals surface area contributed by atoms with Gasteiger partial charge in [-0.25, -0.2) is 19.0 Å². The SMILES string of the molecule is Cc1nc(C)c(C(=O)NCCn2ncc3c(=O)n(Cc4ccccc4F)cnc32)s1. The van der Waals surface area contributed by atoms with Crippen LogP contribution in [-0.2, 0) is 13.1 Å². The average molecular weight is 426 g/mol. The van der Waals surface area contributed by atoms with Gasteiger partial charge in [0, 0.05) is 12.1 Å². The lowest BCUT2D eigenvalue weighted by Crippen LogP contribution is -2.27. The van der Waals surface area contributed by atoms with E-state index in [2.05, 4.69) is 20.4 Å². The molecule has 3 aromatic heterocycles. The van der Waals surface area contributed by atoms with Crippen LogP contribution in [0.1, 0.15) is 25.9 Å². The molecule has 0 saturated heterocycles. The van der Waals surface area contributed by atoms with E-state index >= 15 is 0 Å². The maximum atomic E-state index is 13.9. The van der Waals surface area contributed by atoms with Crippen molar-refractivity contribution >= 4 is 28.3 Å². The predicted molar refractivity (Wildman–Crippen MR) is 111 cm³/mol. The number of carbonyl (C=O) groups is 1. The molecule has 0 aliphatic heterocycles. The number of fused-ring (bicyclic) bond motifs is 1. The number of hydrogen-bond donors (Lipinski definition) is 1. The van der Waals surface area contributed by atoms with Gasteiger partial charge in [-0.2, -0.15) is 5.10 Å². The molecular weight excluding hydrogens is 407 g/mol. The molecule has 0 unspecified atom stereocenters. The van der Waals surface area contributed by atoms with Crippen molar-refractivity contribution in [2.45, 2.75) is 26.9 Å². The number of aromatic nitrogens is 5. The van der Waals surface area contributed by atoms with Gasteiger partial charge < -0.3 is 5.32 Å². The second kappa shape index (κ2) is 8.15. The van der Waals surface area contributed by atoms with Crippen LogP contribution in [-0.4, -0.2) is 36.8 Å². The van der Waals surface area contributed by atoms with Gasteiger partial charge in [-0.05, 0) is 19.9 Å². The summed E-state index contributed by atoms with van der Waals surface area (Å²) in [6.45, 7) is 4.43. The van der Waals surface area contributed by atoms with E-state index in [0.29, 0.717) is 40.3 Å². The first kappa shape index (κ1) is 19.9. The summed E-state index contributed by atoms with van der Waals surface area (Å²) >= 11 is 1.35. The highest BCUT2D eigenvalue weighted by atomic mass is 32.1. The highest BCUT2D eigenvalue weighted by Gasteiger charge is 2.14. The van der Waals surface area contributed by atoms with Gasteiger partial charge in [0.1, 0.15) is 22.4 Å². The fourth-order valence-electron chi connectivity index (χ4n) is 3.18. The van der Waals surface area contributed by atoms with Gasteiger partial charge in [0.25, 0.3) is 11.5 Å². The lowest BCUT2D eigenvalue weighted by Gasteiger charge is -2.08. The summed E-state index contributed by atoms with van der Waals surface area (Å²) < 4.78 is 16.8. The van der Waals surface area contributed by atoms with Gasteiger partial charge in [0.2, 0.25) is 0 Å². The lowest BCUT2D eigenvalue weighted by atomic mass is 10.2. The fraction of sp³-hybridized carbons (Fsp3) is 0.250. The average Bonchev–Trinajstić information content (AvgIpc) is 3.28. The number of nitrogens with one attached hydrogen (secondary N) is 1. The molecule has 154 valence electrons.